The molecule has 0 aliphatic carbocycles. The fourth-order valence-corrected chi connectivity index (χ4v) is 4.03. The molecule has 37 heavy (non-hydrogen) atoms. The number of anilines is 3. The van der Waals surface area contributed by atoms with Crippen molar-refractivity contribution in [2.45, 2.75) is 0 Å². The normalized spacial score (nSPS) is 11.0. The standard InChI is InChI=1S/C25H20ClN5O5S/c1-37(35,36)30-18-8-12-21(29-25(34)22-11-5-16(26)15-27-22)20(14-18)24(33)28-17-6-9-19(10-7-17)31-13-3-2-4-23(31)32/h2-15,30H,1H3,(H,28,33)(H,29,34). The number of aromatic nitrogens is 2. The molecule has 0 bridgehead atoms. The second-order valence-electron chi connectivity index (χ2n) is 7.86. The maximum atomic E-state index is 13.2. The van der Waals surface area contributed by atoms with Crippen molar-refractivity contribution in [3.63, 3.8) is 0 Å². The van der Waals surface area contributed by atoms with Gasteiger partial charge in [-0.2, -0.15) is 0 Å². The van der Waals surface area contributed by atoms with Crippen molar-refractivity contribution in [2.75, 3.05) is 21.6 Å². The molecular formula is C25H20ClN5O5S. The summed E-state index contributed by atoms with van der Waals surface area (Å²) >= 11 is 5.82. The molecule has 0 unspecified atom stereocenters. The minimum Gasteiger partial charge on any atom is -0.322 e. The lowest BCUT2D eigenvalue weighted by molar-refractivity contribution is 0.102. The molecule has 2 amide bonds. The molecule has 0 atom stereocenters. The number of carbonyl (C=O) groups is 2. The van der Waals surface area contributed by atoms with Gasteiger partial charge in [-0.25, -0.2) is 13.4 Å². The molecule has 4 rings (SSSR count). The average Bonchev–Trinajstić information content (AvgIpc) is 2.85. The van der Waals surface area contributed by atoms with Crippen LogP contribution in [0.25, 0.3) is 5.69 Å². The van der Waals surface area contributed by atoms with Crippen molar-refractivity contribution in [1.29, 1.82) is 0 Å². The van der Waals surface area contributed by atoms with E-state index in [1.807, 2.05) is 0 Å². The van der Waals surface area contributed by atoms with Gasteiger partial charge in [0.1, 0.15) is 5.69 Å². The zero-order valence-electron chi connectivity index (χ0n) is 19.3. The lowest BCUT2D eigenvalue weighted by Gasteiger charge is -2.14. The first-order valence-corrected chi connectivity index (χ1v) is 13.0. The van der Waals surface area contributed by atoms with Crippen molar-refractivity contribution >= 4 is 50.5 Å². The van der Waals surface area contributed by atoms with Crippen LogP contribution in [-0.2, 0) is 10.0 Å². The molecule has 10 nitrogen and oxygen atoms in total. The molecule has 3 N–H and O–H groups in total. The lowest BCUT2D eigenvalue weighted by atomic mass is 10.1. The van der Waals surface area contributed by atoms with Crippen LogP contribution in [0.15, 0.2) is 90.0 Å². The maximum Gasteiger partial charge on any atom is 0.274 e. The zero-order chi connectivity index (χ0) is 26.6. The Morgan fingerprint density at radius 3 is 2.27 bits per heavy atom. The van der Waals surface area contributed by atoms with Crippen LogP contribution >= 0.6 is 11.6 Å². The average molecular weight is 538 g/mol. The number of rotatable bonds is 7. The van der Waals surface area contributed by atoms with Gasteiger partial charge in [0.2, 0.25) is 10.0 Å². The molecule has 188 valence electrons. The molecule has 12 heteroatoms. The number of nitrogens with zero attached hydrogens (tertiary/aromatic N) is 2. The highest BCUT2D eigenvalue weighted by Crippen LogP contribution is 2.24. The Kier molecular flexibility index (Phi) is 7.37. The molecule has 0 saturated heterocycles. The first kappa shape index (κ1) is 25.6. The van der Waals surface area contributed by atoms with Gasteiger partial charge in [-0.05, 0) is 60.7 Å². The molecule has 2 aromatic carbocycles. The molecule has 0 radical (unpaired) electrons. The topological polar surface area (TPSA) is 139 Å². The fourth-order valence-electron chi connectivity index (χ4n) is 3.36. The van der Waals surface area contributed by atoms with Crippen molar-refractivity contribution in [2.24, 2.45) is 0 Å². The van der Waals surface area contributed by atoms with Gasteiger partial charge in [0.15, 0.2) is 0 Å². The quantitative estimate of drug-likeness (QED) is 0.328. The van der Waals surface area contributed by atoms with Crippen molar-refractivity contribution in [3.8, 4) is 5.69 Å². The molecule has 0 aliphatic heterocycles. The van der Waals surface area contributed by atoms with E-state index in [4.69, 9.17) is 11.6 Å². The predicted octanol–water partition coefficient (Wildman–Crippen LogP) is 3.76. The van der Waals surface area contributed by atoms with Gasteiger partial charge in [-0.3, -0.25) is 23.7 Å². The lowest BCUT2D eigenvalue weighted by Crippen LogP contribution is -2.20. The monoisotopic (exact) mass is 537 g/mol. The summed E-state index contributed by atoms with van der Waals surface area (Å²) in [6.45, 7) is 0. The number of nitrogens with one attached hydrogen (secondary N) is 3. The van der Waals surface area contributed by atoms with Crippen molar-refractivity contribution < 1.29 is 18.0 Å². The van der Waals surface area contributed by atoms with Crippen molar-refractivity contribution in [1.82, 2.24) is 9.55 Å². The summed E-state index contributed by atoms with van der Waals surface area (Å²) in [5, 5.41) is 5.69. The summed E-state index contributed by atoms with van der Waals surface area (Å²) in [6.07, 6.45) is 3.92. The predicted molar refractivity (Wildman–Crippen MR) is 142 cm³/mol. The van der Waals surface area contributed by atoms with Gasteiger partial charge in [-0.1, -0.05) is 17.7 Å². The molecule has 2 heterocycles. The molecular weight excluding hydrogens is 518 g/mol. The Balaban J connectivity index is 1.61. The number of benzene rings is 2. The number of hydrogen-bond acceptors (Lipinski definition) is 6. The van der Waals surface area contributed by atoms with E-state index in [-0.39, 0.29) is 28.2 Å². The summed E-state index contributed by atoms with van der Waals surface area (Å²) in [5.74, 6) is -1.20. The van der Waals surface area contributed by atoms with Crippen LogP contribution in [-0.4, -0.2) is 36.0 Å². The summed E-state index contributed by atoms with van der Waals surface area (Å²) in [5.41, 5.74) is 1.15. The second-order valence-corrected chi connectivity index (χ2v) is 10.0. The molecule has 0 aliphatic rings. The van der Waals surface area contributed by atoms with E-state index in [1.54, 1.807) is 42.6 Å². The fraction of sp³-hybridized carbons (Fsp3) is 0.0400. The number of halogens is 1. The summed E-state index contributed by atoms with van der Waals surface area (Å²) < 4.78 is 27.2. The highest BCUT2D eigenvalue weighted by Gasteiger charge is 2.17. The highest BCUT2D eigenvalue weighted by molar-refractivity contribution is 7.92. The van der Waals surface area contributed by atoms with Gasteiger partial charge in [0, 0.05) is 35.5 Å². The minimum atomic E-state index is -3.62. The minimum absolute atomic E-state index is 0.000631. The molecule has 0 saturated carbocycles. The Bertz CT molecular complexity index is 1640. The molecule has 2 aromatic heterocycles. The number of hydrogen-bond donors (Lipinski definition) is 3. The molecule has 0 fully saturated rings. The van der Waals surface area contributed by atoms with Crippen LogP contribution in [0.2, 0.25) is 5.02 Å². The third-order valence-corrected chi connectivity index (χ3v) is 5.83. The van der Waals surface area contributed by atoms with E-state index in [2.05, 4.69) is 20.3 Å². The van der Waals surface area contributed by atoms with Crippen LogP contribution in [0.4, 0.5) is 17.1 Å². The van der Waals surface area contributed by atoms with Crippen LogP contribution in [0.5, 0.6) is 0 Å². The number of carbonyl (C=O) groups excluding carboxylic acids is 2. The van der Waals surface area contributed by atoms with Gasteiger partial charge < -0.3 is 10.6 Å². The highest BCUT2D eigenvalue weighted by atomic mass is 35.5. The Labute approximate surface area is 217 Å². The van der Waals surface area contributed by atoms with E-state index in [0.717, 1.165) is 6.26 Å². The third kappa shape index (κ3) is 6.60. The first-order valence-electron chi connectivity index (χ1n) is 10.7. The van der Waals surface area contributed by atoms with Crippen LogP contribution in [0, 0.1) is 0 Å². The molecule has 0 spiro atoms. The van der Waals surface area contributed by atoms with Crippen LogP contribution < -0.4 is 20.9 Å². The van der Waals surface area contributed by atoms with Crippen molar-refractivity contribution in [3.05, 3.63) is 112 Å². The molecule has 4 aromatic rings. The zero-order valence-corrected chi connectivity index (χ0v) is 20.9. The Hall–Kier alpha value is -4.48. The third-order valence-electron chi connectivity index (χ3n) is 5.00. The summed E-state index contributed by atoms with van der Waals surface area (Å²) in [7, 11) is -3.62. The smallest absolute Gasteiger partial charge is 0.274 e. The van der Waals surface area contributed by atoms with E-state index in [1.165, 1.54) is 47.2 Å². The SMILES string of the molecule is CS(=O)(=O)Nc1ccc(NC(=O)c2ccc(Cl)cn2)c(C(=O)Nc2ccc(-n3ccccc3=O)cc2)c1. The first-order chi connectivity index (χ1) is 17.6. The summed E-state index contributed by atoms with van der Waals surface area (Å²) in [6, 6.07) is 18.4. The number of pyridine rings is 2. The van der Waals surface area contributed by atoms with Gasteiger partial charge in [0.05, 0.1) is 22.5 Å². The Morgan fingerprint density at radius 1 is 0.892 bits per heavy atom. The number of sulfonamides is 1. The van der Waals surface area contributed by atoms with Gasteiger partial charge in [0.25, 0.3) is 17.4 Å². The largest absolute Gasteiger partial charge is 0.322 e. The summed E-state index contributed by atoms with van der Waals surface area (Å²) in [4.78, 5) is 41.9. The number of amides is 2. The Morgan fingerprint density at radius 2 is 1.62 bits per heavy atom. The van der Waals surface area contributed by atoms with E-state index >= 15 is 0 Å². The van der Waals surface area contributed by atoms with E-state index < -0.39 is 21.8 Å². The van der Waals surface area contributed by atoms with Gasteiger partial charge >= 0.3 is 0 Å². The van der Waals surface area contributed by atoms with E-state index in [0.29, 0.717) is 16.4 Å². The van der Waals surface area contributed by atoms with Gasteiger partial charge in [-0.15, -0.1) is 0 Å². The maximum absolute atomic E-state index is 13.2. The van der Waals surface area contributed by atoms with E-state index in [9.17, 15) is 22.8 Å². The van der Waals surface area contributed by atoms with Crippen LogP contribution in [0.1, 0.15) is 20.8 Å². The second kappa shape index (κ2) is 10.6. The van der Waals surface area contributed by atoms with Crippen LogP contribution in [0.3, 0.4) is 0 Å².